The first kappa shape index (κ1) is 20.0. The van der Waals surface area contributed by atoms with Crippen LogP contribution in [0.5, 0.6) is 0 Å². The van der Waals surface area contributed by atoms with E-state index in [1.807, 2.05) is 0 Å². The van der Waals surface area contributed by atoms with Crippen molar-refractivity contribution in [1.82, 2.24) is 9.21 Å². The summed E-state index contributed by atoms with van der Waals surface area (Å²) in [6, 6.07) is 10.7. The molecule has 0 atom stereocenters. The Morgan fingerprint density at radius 1 is 1.19 bits per heavy atom. The van der Waals surface area contributed by atoms with Gasteiger partial charge in [0.15, 0.2) is 0 Å². The fourth-order valence-electron chi connectivity index (χ4n) is 3.07. The van der Waals surface area contributed by atoms with E-state index in [-0.39, 0.29) is 28.7 Å². The number of benzene rings is 2. The summed E-state index contributed by atoms with van der Waals surface area (Å²) in [6.07, 6.45) is 1.68. The maximum Gasteiger partial charge on any atom is 0.255 e. The lowest BCUT2D eigenvalue weighted by Crippen LogP contribution is -2.29. The molecule has 0 aliphatic carbocycles. The van der Waals surface area contributed by atoms with Gasteiger partial charge in [0.05, 0.1) is 10.5 Å². The highest BCUT2D eigenvalue weighted by Crippen LogP contribution is 2.26. The molecule has 1 amide bonds. The fraction of sp³-hybridized carbons (Fsp3) is 0.316. The van der Waals surface area contributed by atoms with Crippen LogP contribution in [-0.4, -0.2) is 43.7 Å². The molecule has 0 bridgehead atoms. The fourth-order valence-corrected chi connectivity index (χ4v) is 5.03. The number of amides is 1. The van der Waals surface area contributed by atoms with Crippen LogP contribution in [0, 0.1) is 5.82 Å². The molecule has 1 aliphatic heterocycles. The molecule has 2 aromatic rings. The number of sulfonamides is 1. The average Bonchev–Trinajstić information content (AvgIpc) is 3.19. The first-order valence-electron chi connectivity index (χ1n) is 8.59. The Bertz CT molecular complexity index is 959. The molecule has 8 heteroatoms. The van der Waals surface area contributed by atoms with Crippen molar-refractivity contribution in [2.45, 2.75) is 24.3 Å². The Labute approximate surface area is 167 Å². The van der Waals surface area contributed by atoms with Crippen LogP contribution >= 0.6 is 15.9 Å². The third kappa shape index (κ3) is 4.23. The molecule has 1 saturated heterocycles. The average molecular weight is 455 g/mol. The van der Waals surface area contributed by atoms with Crippen LogP contribution in [0.3, 0.4) is 0 Å². The number of nitrogens with zero attached hydrogens (tertiary/aromatic N) is 2. The van der Waals surface area contributed by atoms with Crippen LogP contribution in [-0.2, 0) is 16.6 Å². The summed E-state index contributed by atoms with van der Waals surface area (Å²) in [5.74, 6) is -0.773. The lowest BCUT2D eigenvalue weighted by Gasteiger charge is -2.20. The van der Waals surface area contributed by atoms with Crippen LogP contribution in [0.15, 0.2) is 51.8 Å². The smallest absolute Gasteiger partial charge is 0.255 e. The quantitative estimate of drug-likeness (QED) is 0.692. The van der Waals surface area contributed by atoms with E-state index in [4.69, 9.17) is 0 Å². The summed E-state index contributed by atoms with van der Waals surface area (Å²) in [5, 5.41) is 0. The summed E-state index contributed by atoms with van der Waals surface area (Å²) >= 11 is 3.32. The van der Waals surface area contributed by atoms with Crippen molar-refractivity contribution >= 4 is 31.9 Å². The summed E-state index contributed by atoms with van der Waals surface area (Å²) in [4.78, 5) is 14.3. The predicted molar refractivity (Wildman–Crippen MR) is 104 cm³/mol. The van der Waals surface area contributed by atoms with Gasteiger partial charge in [0.2, 0.25) is 10.0 Å². The van der Waals surface area contributed by atoms with Gasteiger partial charge >= 0.3 is 0 Å². The molecule has 0 spiro atoms. The number of hydrogen-bond donors (Lipinski definition) is 0. The van der Waals surface area contributed by atoms with Crippen molar-refractivity contribution in [3.8, 4) is 0 Å². The Kier molecular flexibility index (Phi) is 5.98. The molecule has 0 radical (unpaired) electrons. The molecule has 0 aromatic heterocycles. The van der Waals surface area contributed by atoms with E-state index in [0.29, 0.717) is 23.1 Å². The molecule has 0 N–H and O–H groups in total. The van der Waals surface area contributed by atoms with Crippen LogP contribution in [0.1, 0.15) is 28.8 Å². The molecule has 3 rings (SSSR count). The van der Waals surface area contributed by atoms with E-state index in [1.165, 1.54) is 27.4 Å². The summed E-state index contributed by atoms with van der Waals surface area (Å²) in [5.41, 5.74) is 0.624. The number of rotatable bonds is 5. The van der Waals surface area contributed by atoms with Crippen LogP contribution < -0.4 is 0 Å². The van der Waals surface area contributed by atoms with Crippen molar-refractivity contribution in [3.05, 3.63) is 63.9 Å². The molecule has 27 heavy (non-hydrogen) atoms. The summed E-state index contributed by atoms with van der Waals surface area (Å²) < 4.78 is 41.3. The summed E-state index contributed by atoms with van der Waals surface area (Å²) in [7, 11) is -2.06. The topological polar surface area (TPSA) is 57.7 Å². The second-order valence-electron chi connectivity index (χ2n) is 6.51. The zero-order valence-electron chi connectivity index (χ0n) is 14.9. The van der Waals surface area contributed by atoms with Crippen LogP contribution in [0.25, 0.3) is 0 Å². The zero-order chi connectivity index (χ0) is 19.6. The van der Waals surface area contributed by atoms with Gasteiger partial charge in [-0.15, -0.1) is 0 Å². The van der Waals surface area contributed by atoms with Gasteiger partial charge < -0.3 is 4.90 Å². The molecule has 2 aromatic carbocycles. The molecule has 0 saturated carbocycles. The lowest BCUT2D eigenvalue weighted by atomic mass is 10.1. The maximum atomic E-state index is 13.9. The minimum Gasteiger partial charge on any atom is -0.337 e. The van der Waals surface area contributed by atoms with Gasteiger partial charge in [-0.1, -0.05) is 18.2 Å². The number of halogens is 2. The van der Waals surface area contributed by atoms with E-state index in [0.717, 1.165) is 12.8 Å². The number of carbonyl (C=O) groups excluding carboxylic acids is 1. The van der Waals surface area contributed by atoms with Crippen molar-refractivity contribution in [3.63, 3.8) is 0 Å². The van der Waals surface area contributed by atoms with Gasteiger partial charge in [0.1, 0.15) is 5.82 Å². The largest absolute Gasteiger partial charge is 0.337 e. The second kappa shape index (κ2) is 8.08. The number of carbonyl (C=O) groups is 1. The van der Waals surface area contributed by atoms with Gasteiger partial charge in [0, 0.05) is 36.7 Å². The second-order valence-corrected chi connectivity index (χ2v) is 9.30. The summed E-state index contributed by atoms with van der Waals surface area (Å²) in [6.45, 7) is 1.07. The highest BCUT2D eigenvalue weighted by molar-refractivity contribution is 9.10. The van der Waals surface area contributed by atoms with Gasteiger partial charge in [-0.25, -0.2) is 12.8 Å². The highest BCUT2D eigenvalue weighted by atomic mass is 79.9. The molecule has 1 fully saturated rings. The van der Waals surface area contributed by atoms with E-state index in [2.05, 4.69) is 15.9 Å². The lowest BCUT2D eigenvalue weighted by molar-refractivity contribution is 0.0782. The Hall–Kier alpha value is -1.77. The van der Waals surface area contributed by atoms with Gasteiger partial charge in [0.25, 0.3) is 5.91 Å². The van der Waals surface area contributed by atoms with E-state index in [9.17, 15) is 17.6 Å². The first-order chi connectivity index (χ1) is 12.8. The van der Waals surface area contributed by atoms with Gasteiger partial charge in [-0.05, 0) is 53.0 Å². The van der Waals surface area contributed by atoms with Crippen molar-refractivity contribution in [2.75, 3.05) is 20.1 Å². The van der Waals surface area contributed by atoms with Crippen LogP contribution in [0.4, 0.5) is 4.39 Å². The van der Waals surface area contributed by atoms with E-state index < -0.39 is 10.0 Å². The minimum absolute atomic E-state index is 0.0844. The third-order valence-electron chi connectivity index (χ3n) is 4.58. The van der Waals surface area contributed by atoms with Crippen molar-refractivity contribution < 1.29 is 17.6 Å². The SMILES string of the molecule is CN(Cc1ccccc1F)C(=O)c1cc(S(=O)(=O)N2CCCC2)ccc1Br. The molecule has 5 nitrogen and oxygen atoms in total. The monoisotopic (exact) mass is 454 g/mol. The van der Waals surface area contributed by atoms with Crippen molar-refractivity contribution in [2.24, 2.45) is 0 Å². The Balaban J connectivity index is 1.87. The highest BCUT2D eigenvalue weighted by Gasteiger charge is 2.28. The van der Waals surface area contributed by atoms with Gasteiger partial charge in [-0.3, -0.25) is 4.79 Å². The third-order valence-corrected chi connectivity index (χ3v) is 7.17. The Morgan fingerprint density at radius 2 is 1.85 bits per heavy atom. The molecule has 1 heterocycles. The van der Waals surface area contributed by atoms with Crippen LogP contribution in [0.2, 0.25) is 0 Å². The standard InChI is InChI=1S/C19H20BrFN2O3S/c1-22(13-14-6-2-3-7-18(14)21)19(24)16-12-15(8-9-17(16)20)27(25,26)23-10-4-5-11-23/h2-3,6-9,12H,4-5,10-11,13H2,1H3. The minimum atomic E-state index is -3.62. The molecule has 0 unspecified atom stereocenters. The molecule has 144 valence electrons. The Morgan fingerprint density at radius 3 is 2.52 bits per heavy atom. The molecule has 1 aliphatic rings. The first-order valence-corrected chi connectivity index (χ1v) is 10.8. The van der Waals surface area contributed by atoms with E-state index in [1.54, 1.807) is 31.3 Å². The molecular formula is C19H20BrFN2O3S. The van der Waals surface area contributed by atoms with E-state index >= 15 is 0 Å². The zero-order valence-corrected chi connectivity index (χ0v) is 17.3. The number of hydrogen-bond acceptors (Lipinski definition) is 3. The van der Waals surface area contributed by atoms with Crippen molar-refractivity contribution in [1.29, 1.82) is 0 Å². The molecular weight excluding hydrogens is 435 g/mol. The maximum absolute atomic E-state index is 13.9. The predicted octanol–water partition coefficient (Wildman–Crippen LogP) is 3.64. The van der Waals surface area contributed by atoms with Gasteiger partial charge in [-0.2, -0.15) is 4.31 Å². The normalized spacial score (nSPS) is 15.1.